The Kier molecular flexibility index (Phi) is 19.9. The Morgan fingerprint density at radius 3 is 2.26 bits per heavy atom. The number of nitrogens with two attached hydrogens (primary N) is 1. The third-order valence-corrected chi connectivity index (χ3v) is 11.5. The van der Waals surface area contributed by atoms with E-state index in [0.29, 0.717) is 50.8 Å². The minimum atomic E-state index is -4.71. The number of primary amides is 1. The van der Waals surface area contributed by atoms with Crippen LogP contribution in [0.15, 0.2) is 55.5 Å². The number of carbonyl (C=O) groups is 6. The lowest BCUT2D eigenvalue weighted by molar-refractivity contribution is -0.139. The summed E-state index contributed by atoms with van der Waals surface area (Å²) in [5.41, 5.74) is 6.51. The summed E-state index contributed by atoms with van der Waals surface area (Å²) in [7, 11) is -4.71. The highest BCUT2D eigenvalue weighted by atomic mass is 31.2. The van der Waals surface area contributed by atoms with Crippen LogP contribution < -0.4 is 27.0 Å². The molecule has 1 aliphatic heterocycles. The molecule has 1 aromatic heterocycles. The second-order valence-corrected chi connectivity index (χ2v) is 18.0. The number of amides is 6. The van der Waals surface area contributed by atoms with Crippen LogP contribution in [0.5, 0.6) is 0 Å². The average Bonchev–Trinajstić information content (AvgIpc) is 3.89. The molecule has 344 valence electrons. The zero-order valence-corrected chi connectivity index (χ0v) is 37.5. The van der Waals surface area contributed by atoms with Crippen molar-refractivity contribution in [1.82, 2.24) is 35.7 Å². The number of unbranched alkanes of at least 4 members (excludes halogenated alkanes) is 2. The van der Waals surface area contributed by atoms with Gasteiger partial charge in [-0.3, -0.25) is 37.8 Å². The van der Waals surface area contributed by atoms with Crippen molar-refractivity contribution in [2.45, 2.75) is 135 Å². The number of nitrogens with zero attached hydrogens (tertiary/aromatic N) is 3. The van der Waals surface area contributed by atoms with Gasteiger partial charge in [0.25, 0.3) is 0 Å². The summed E-state index contributed by atoms with van der Waals surface area (Å²) in [5, 5.41) is 20.6. The zero-order chi connectivity index (χ0) is 46.2. The quantitative estimate of drug-likeness (QED) is 0.0405. The number of nitrogens with one attached hydrogen (secondary N) is 4. The molecule has 2 heterocycles. The number of imidazole rings is 1. The number of allylic oxidation sites excluding steroid dienone is 1. The Morgan fingerprint density at radius 1 is 1.00 bits per heavy atom. The second-order valence-electron chi connectivity index (χ2n) is 16.6. The molecule has 6 amide bonds. The van der Waals surface area contributed by atoms with Gasteiger partial charge in [-0.25, -0.2) is 9.55 Å². The highest BCUT2D eigenvalue weighted by Crippen LogP contribution is 2.45. The lowest BCUT2D eigenvalue weighted by Gasteiger charge is -2.31. The molecule has 0 bridgehead atoms. The molecule has 7 atom stereocenters. The first kappa shape index (κ1) is 51.4. The average molecular weight is 889 g/mol. The number of aliphatic hydroxyl groups excluding tert-OH is 1. The number of phosphoric ester groups is 1. The van der Waals surface area contributed by atoms with Gasteiger partial charge >= 0.3 is 7.82 Å². The van der Waals surface area contributed by atoms with Crippen molar-refractivity contribution >= 4 is 43.3 Å². The summed E-state index contributed by atoms with van der Waals surface area (Å²) in [4.78, 5) is 96.2. The molecule has 0 radical (unpaired) electrons. The number of hydrogen-bond donors (Lipinski definition) is 7. The first-order valence-electron chi connectivity index (χ1n) is 20.9. The molecule has 1 aliphatic rings. The molecule has 20 heteroatoms. The number of likely N-dealkylation sites (tertiary alicyclic amines) is 1. The normalized spacial score (nSPS) is 17.5. The molecule has 8 N–H and O–H groups in total. The minimum absolute atomic E-state index is 0.0910. The molecule has 3 rings (SSSR count). The maximum Gasteiger partial charge on any atom is 0.472 e. The Bertz CT molecular complexity index is 1890. The van der Waals surface area contributed by atoms with Crippen molar-refractivity contribution in [3.8, 4) is 0 Å². The number of aliphatic hydroxyl groups is 1. The molecule has 1 aromatic carbocycles. The summed E-state index contributed by atoms with van der Waals surface area (Å²) in [5.74, 6) is -4.75. The van der Waals surface area contributed by atoms with E-state index in [9.17, 15) is 43.3 Å². The summed E-state index contributed by atoms with van der Waals surface area (Å²) in [6, 6.07) is 2.99. The van der Waals surface area contributed by atoms with Crippen LogP contribution in [0.3, 0.4) is 0 Å². The first-order chi connectivity index (χ1) is 29.2. The Balaban J connectivity index is 1.89. The van der Waals surface area contributed by atoms with E-state index in [-0.39, 0.29) is 31.3 Å². The predicted molar refractivity (Wildman–Crippen MR) is 230 cm³/mol. The van der Waals surface area contributed by atoms with Crippen LogP contribution in [0.1, 0.15) is 91.3 Å². The van der Waals surface area contributed by atoms with Gasteiger partial charge in [0.15, 0.2) is 0 Å². The largest absolute Gasteiger partial charge is 0.472 e. The minimum Gasteiger partial charge on any atom is -0.394 e. The fraction of sp³-hybridized carbons (Fsp3) is 0.595. The van der Waals surface area contributed by atoms with Crippen LogP contribution in [0, 0.1) is 5.92 Å². The third kappa shape index (κ3) is 15.8. The summed E-state index contributed by atoms with van der Waals surface area (Å²) in [6.07, 6.45) is 6.71. The Hall–Kier alpha value is -4.94. The monoisotopic (exact) mass is 888 g/mol. The second kappa shape index (κ2) is 24.1. The first-order valence-corrected chi connectivity index (χ1v) is 22.4. The fourth-order valence-corrected chi connectivity index (χ4v) is 8.25. The van der Waals surface area contributed by atoms with Gasteiger partial charge in [0.05, 0.1) is 25.6 Å². The summed E-state index contributed by atoms with van der Waals surface area (Å²) < 4.78 is 24.6. The lowest BCUT2D eigenvalue weighted by Crippen LogP contribution is -2.61. The third-order valence-electron chi connectivity index (χ3n) is 10.4. The zero-order valence-electron chi connectivity index (χ0n) is 36.6. The van der Waals surface area contributed by atoms with Gasteiger partial charge in [0.2, 0.25) is 35.4 Å². The van der Waals surface area contributed by atoms with Gasteiger partial charge in [-0.2, -0.15) is 0 Å². The van der Waals surface area contributed by atoms with E-state index in [1.165, 1.54) is 18.7 Å². The van der Waals surface area contributed by atoms with E-state index in [4.69, 9.17) is 14.8 Å². The molecule has 7 unspecified atom stereocenters. The molecule has 0 spiro atoms. The van der Waals surface area contributed by atoms with Crippen LogP contribution >= 0.6 is 7.82 Å². The smallest absolute Gasteiger partial charge is 0.394 e. The molecule has 1 saturated heterocycles. The maximum atomic E-state index is 14.2. The van der Waals surface area contributed by atoms with Gasteiger partial charge in [-0.05, 0) is 77.2 Å². The van der Waals surface area contributed by atoms with Gasteiger partial charge in [0, 0.05) is 37.3 Å². The van der Waals surface area contributed by atoms with Crippen LogP contribution in [0.2, 0.25) is 0 Å². The van der Waals surface area contributed by atoms with E-state index >= 15 is 0 Å². The van der Waals surface area contributed by atoms with Crippen molar-refractivity contribution in [2.24, 2.45) is 11.7 Å². The maximum absolute atomic E-state index is 14.2. The summed E-state index contributed by atoms with van der Waals surface area (Å²) >= 11 is 0. The van der Waals surface area contributed by atoms with Gasteiger partial charge in [0.1, 0.15) is 30.2 Å². The summed E-state index contributed by atoms with van der Waals surface area (Å²) in [6.45, 7) is 13.2. The standard InChI is InChI=1S/C42H65N8O11P/c1-8-9-10-14-20-60-62(58,59)61-28(4)36(37(43)53)48-40(56)34(25-51)47-39(55)33(22-31-24-44-26-50(31)42(6,7)23-30-16-12-11-13-17-30)45-38(54)32(21-27(2)3)46-41(57)35-18-15-19-49(35)29(5)52/h8,11-13,16-17,24,26-28,32-36,51H,1,9-10,14-15,18-23,25H2,2-7H3,(H2,43,53)(H,45,54)(H,46,57)(H,47,55)(H,48,56)(H,58,59). The number of carbonyl (C=O) groups excluding carboxylic acids is 6. The number of phosphoric acid groups is 1. The molecule has 2 aromatic rings. The van der Waals surface area contributed by atoms with Crippen LogP contribution in [0.25, 0.3) is 0 Å². The number of rotatable bonds is 26. The molecular formula is C42H65N8O11P. The molecular weight excluding hydrogens is 823 g/mol. The molecule has 0 aliphatic carbocycles. The molecule has 19 nitrogen and oxygen atoms in total. The topological polar surface area (TPSA) is 274 Å². The van der Waals surface area contributed by atoms with Gasteiger partial charge in [-0.15, -0.1) is 6.58 Å². The van der Waals surface area contributed by atoms with E-state index in [1.807, 2.05) is 62.6 Å². The highest BCUT2D eigenvalue weighted by Gasteiger charge is 2.38. The van der Waals surface area contributed by atoms with Crippen molar-refractivity contribution in [2.75, 3.05) is 19.8 Å². The predicted octanol–water partition coefficient (Wildman–Crippen LogP) is 1.76. The van der Waals surface area contributed by atoms with Crippen LogP contribution in [-0.4, -0.2) is 116 Å². The molecule has 1 fully saturated rings. The SMILES string of the molecule is C=CCCCCOP(=O)(O)OC(C)C(NC(=O)C(CO)NC(=O)C(Cc1cncn1C(C)(C)Cc1ccccc1)NC(=O)C(CC(C)C)NC(=O)C1CCCN1C(C)=O)C(N)=O. The van der Waals surface area contributed by atoms with E-state index in [1.54, 1.807) is 18.6 Å². The molecule has 62 heavy (non-hydrogen) atoms. The highest BCUT2D eigenvalue weighted by molar-refractivity contribution is 7.47. The van der Waals surface area contributed by atoms with Gasteiger partial charge < -0.3 is 46.5 Å². The van der Waals surface area contributed by atoms with E-state index < -0.39 is 85.8 Å². The molecule has 0 saturated carbocycles. The fourth-order valence-electron chi connectivity index (χ4n) is 7.29. The van der Waals surface area contributed by atoms with Crippen molar-refractivity contribution < 1.29 is 52.4 Å². The number of aromatic nitrogens is 2. The van der Waals surface area contributed by atoms with Gasteiger partial charge in [-0.1, -0.05) is 50.3 Å². The van der Waals surface area contributed by atoms with Crippen LogP contribution in [-0.2, 0) is 60.8 Å². The van der Waals surface area contributed by atoms with Crippen molar-refractivity contribution in [1.29, 1.82) is 0 Å². The van der Waals surface area contributed by atoms with Crippen molar-refractivity contribution in [3.05, 3.63) is 66.8 Å². The number of hydrogen-bond acceptors (Lipinski definition) is 11. The van der Waals surface area contributed by atoms with E-state index in [0.717, 1.165) is 5.56 Å². The van der Waals surface area contributed by atoms with E-state index in [2.05, 4.69) is 32.8 Å². The van der Waals surface area contributed by atoms with Crippen LogP contribution in [0.4, 0.5) is 0 Å². The van der Waals surface area contributed by atoms with Crippen molar-refractivity contribution in [3.63, 3.8) is 0 Å². The Morgan fingerprint density at radius 2 is 1.65 bits per heavy atom. The lowest BCUT2D eigenvalue weighted by atomic mass is 9.94. The Labute approximate surface area is 363 Å². The number of benzene rings is 1.